The highest BCUT2D eigenvalue weighted by Gasteiger charge is 2.29. The number of aryl methyl sites for hydroxylation is 1. The Labute approximate surface area is 187 Å². The van der Waals surface area contributed by atoms with Crippen LogP contribution in [0.15, 0.2) is 53.7 Å². The second-order valence-electron chi connectivity index (χ2n) is 6.81. The Hall–Kier alpha value is -3.53. The van der Waals surface area contributed by atoms with Gasteiger partial charge in [-0.25, -0.2) is 13.1 Å². The molecule has 10 heteroatoms. The first-order valence-electron chi connectivity index (χ1n) is 9.80. The predicted molar refractivity (Wildman–Crippen MR) is 118 cm³/mol. The van der Waals surface area contributed by atoms with Crippen LogP contribution in [0.1, 0.15) is 28.4 Å². The molecule has 0 fully saturated rings. The lowest BCUT2D eigenvalue weighted by molar-refractivity contribution is 0.0981. The van der Waals surface area contributed by atoms with E-state index < -0.39 is 15.9 Å². The summed E-state index contributed by atoms with van der Waals surface area (Å²) < 4.78 is 46.1. The predicted octanol–water partition coefficient (Wildman–Crippen LogP) is 2.64. The average molecular weight is 460 g/mol. The van der Waals surface area contributed by atoms with E-state index in [-0.39, 0.29) is 22.0 Å². The number of nitrogens with one attached hydrogen (secondary N) is 1. The van der Waals surface area contributed by atoms with Crippen LogP contribution in [0.4, 0.5) is 0 Å². The van der Waals surface area contributed by atoms with E-state index in [0.29, 0.717) is 24.3 Å². The van der Waals surface area contributed by atoms with Crippen LogP contribution < -0.4 is 18.9 Å². The number of ether oxygens (including phenoxy) is 3. The lowest BCUT2D eigenvalue weighted by Gasteiger charge is -2.17. The van der Waals surface area contributed by atoms with Gasteiger partial charge in [-0.05, 0) is 36.2 Å². The topological polar surface area (TPSA) is 109 Å². The molecule has 9 nitrogen and oxygen atoms in total. The van der Waals surface area contributed by atoms with E-state index in [1.165, 1.54) is 39.5 Å². The van der Waals surface area contributed by atoms with Crippen LogP contribution in [0.3, 0.4) is 0 Å². The van der Waals surface area contributed by atoms with Crippen molar-refractivity contribution in [2.24, 2.45) is 0 Å². The molecule has 170 valence electrons. The molecule has 0 unspecified atom stereocenters. The zero-order chi connectivity index (χ0) is 23.3. The molecule has 1 heterocycles. The summed E-state index contributed by atoms with van der Waals surface area (Å²) in [7, 11) is -0.0979. The minimum Gasteiger partial charge on any atom is -0.496 e. The van der Waals surface area contributed by atoms with E-state index >= 15 is 0 Å². The number of hydrogen-bond acceptors (Lipinski definition) is 7. The number of benzene rings is 2. The van der Waals surface area contributed by atoms with Crippen LogP contribution in [-0.4, -0.2) is 45.4 Å². The number of aromatic nitrogens is 2. The summed E-state index contributed by atoms with van der Waals surface area (Å²) in [5.41, 5.74) is 1.58. The van der Waals surface area contributed by atoms with Gasteiger partial charge in [0.05, 0.1) is 27.9 Å². The zero-order valence-electron chi connectivity index (χ0n) is 18.3. The first-order chi connectivity index (χ1) is 15.3. The van der Waals surface area contributed by atoms with Crippen LogP contribution in [0.2, 0.25) is 0 Å². The van der Waals surface area contributed by atoms with E-state index in [0.717, 1.165) is 5.56 Å². The maximum absolute atomic E-state index is 13.1. The molecule has 0 aliphatic carbocycles. The molecular formula is C22H25N3O6S. The summed E-state index contributed by atoms with van der Waals surface area (Å²) in [4.78, 5) is 12.6. The molecule has 2 aromatic carbocycles. The fourth-order valence-electron chi connectivity index (χ4n) is 3.32. The monoisotopic (exact) mass is 459 g/mol. The van der Waals surface area contributed by atoms with Gasteiger partial charge in [0.15, 0.2) is 4.90 Å². The largest absolute Gasteiger partial charge is 0.496 e. The molecule has 0 aliphatic rings. The SMILES string of the molecule is CCc1ccc(OC)c(S(=O)(=O)NC(=O)c2ccc(Cn3cccn3)c(OC)c2)c1OC. The molecule has 0 atom stereocenters. The van der Waals surface area contributed by atoms with E-state index in [1.54, 1.807) is 35.3 Å². The molecule has 3 aromatic rings. The first-order valence-corrected chi connectivity index (χ1v) is 11.3. The minimum atomic E-state index is -4.30. The summed E-state index contributed by atoms with van der Waals surface area (Å²) in [5.74, 6) is -0.153. The van der Waals surface area contributed by atoms with E-state index in [9.17, 15) is 13.2 Å². The lowest BCUT2D eigenvalue weighted by Crippen LogP contribution is -2.31. The van der Waals surface area contributed by atoms with Crippen molar-refractivity contribution in [2.75, 3.05) is 21.3 Å². The number of methoxy groups -OCH3 is 3. The van der Waals surface area contributed by atoms with Crippen LogP contribution in [-0.2, 0) is 23.0 Å². The maximum atomic E-state index is 13.1. The summed E-state index contributed by atoms with van der Waals surface area (Å²) >= 11 is 0. The van der Waals surface area contributed by atoms with Gasteiger partial charge < -0.3 is 14.2 Å². The van der Waals surface area contributed by atoms with Gasteiger partial charge >= 0.3 is 0 Å². The number of carbonyl (C=O) groups is 1. The third-order valence-electron chi connectivity index (χ3n) is 4.90. The fraction of sp³-hybridized carbons (Fsp3) is 0.273. The van der Waals surface area contributed by atoms with Crippen molar-refractivity contribution in [1.29, 1.82) is 0 Å². The molecular weight excluding hydrogens is 434 g/mol. The summed E-state index contributed by atoms with van der Waals surface area (Å²) in [6.07, 6.45) is 4.01. The molecule has 0 saturated carbocycles. The smallest absolute Gasteiger partial charge is 0.271 e. The van der Waals surface area contributed by atoms with Gasteiger partial charge in [0, 0.05) is 23.5 Å². The standard InChI is InChI=1S/C22H25N3O6S/c1-5-15-9-10-18(29-2)21(20(15)31-4)32(27,28)24-22(26)16-7-8-17(19(13-16)30-3)14-25-12-6-11-23-25/h6-13H,5,14H2,1-4H3,(H,24,26). The quantitative estimate of drug-likeness (QED) is 0.524. The Morgan fingerprint density at radius 3 is 2.34 bits per heavy atom. The van der Waals surface area contributed by atoms with Crippen molar-refractivity contribution >= 4 is 15.9 Å². The van der Waals surface area contributed by atoms with Crippen LogP contribution in [0.5, 0.6) is 17.2 Å². The highest BCUT2D eigenvalue weighted by molar-refractivity contribution is 7.90. The van der Waals surface area contributed by atoms with E-state index in [4.69, 9.17) is 14.2 Å². The number of sulfonamides is 1. The summed E-state index contributed by atoms with van der Waals surface area (Å²) in [5, 5.41) is 4.15. The maximum Gasteiger partial charge on any atom is 0.271 e. The normalized spacial score (nSPS) is 11.1. The van der Waals surface area contributed by atoms with Crippen LogP contribution in [0, 0.1) is 0 Å². The van der Waals surface area contributed by atoms with Gasteiger partial charge in [0.1, 0.15) is 17.2 Å². The number of nitrogens with zero attached hydrogens (tertiary/aromatic N) is 2. The van der Waals surface area contributed by atoms with Crippen molar-refractivity contribution in [1.82, 2.24) is 14.5 Å². The van der Waals surface area contributed by atoms with E-state index in [2.05, 4.69) is 9.82 Å². The molecule has 32 heavy (non-hydrogen) atoms. The summed E-state index contributed by atoms with van der Waals surface area (Å²) in [6, 6.07) is 9.77. The Kier molecular flexibility index (Phi) is 7.04. The van der Waals surface area contributed by atoms with Crippen molar-refractivity contribution in [3.05, 3.63) is 65.5 Å². The zero-order valence-corrected chi connectivity index (χ0v) is 19.1. The molecule has 0 saturated heterocycles. The van der Waals surface area contributed by atoms with Gasteiger partial charge in [-0.3, -0.25) is 9.48 Å². The second kappa shape index (κ2) is 9.73. The number of amides is 1. The molecule has 1 N–H and O–H groups in total. The molecule has 0 aliphatic heterocycles. The van der Waals surface area contributed by atoms with Crippen molar-refractivity contribution in [2.45, 2.75) is 24.8 Å². The highest BCUT2D eigenvalue weighted by atomic mass is 32.2. The van der Waals surface area contributed by atoms with Crippen molar-refractivity contribution in [3.8, 4) is 17.2 Å². The molecule has 0 spiro atoms. The fourth-order valence-corrected chi connectivity index (χ4v) is 4.66. The van der Waals surface area contributed by atoms with Crippen molar-refractivity contribution in [3.63, 3.8) is 0 Å². The molecule has 1 aromatic heterocycles. The van der Waals surface area contributed by atoms with Crippen LogP contribution >= 0.6 is 0 Å². The minimum absolute atomic E-state index is 0.0755. The molecule has 0 bridgehead atoms. The third kappa shape index (κ3) is 4.70. The average Bonchev–Trinajstić information content (AvgIpc) is 3.30. The Morgan fingerprint density at radius 1 is 1.03 bits per heavy atom. The van der Waals surface area contributed by atoms with Gasteiger partial charge in [0.2, 0.25) is 0 Å². The number of carbonyl (C=O) groups excluding carboxylic acids is 1. The van der Waals surface area contributed by atoms with Gasteiger partial charge in [0.25, 0.3) is 15.9 Å². The third-order valence-corrected chi connectivity index (χ3v) is 6.28. The van der Waals surface area contributed by atoms with Gasteiger partial charge in [-0.2, -0.15) is 5.10 Å². The van der Waals surface area contributed by atoms with Gasteiger partial charge in [-0.1, -0.05) is 19.1 Å². The van der Waals surface area contributed by atoms with Gasteiger partial charge in [-0.15, -0.1) is 0 Å². The van der Waals surface area contributed by atoms with Crippen molar-refractivity contribution < 1.29 is 27.4 Å². The first kappa shape index (κ1) is 23.1. The van der Waals surface area contributed by atoms with Crippen LogP contribution in [0.25, 0.3) is 0 Å². The van der Waals surface area contributed by atoms with E-state index in [1.807, 2.05) is 6.92 Å². The second-order valence-corrected chi connectivity index (χ2v) is 8.43. The molecule has 0 radical (unpaired) electrons. The Bertz CT molecular complexity index is 1210. The lowest BCUT2D eigenvalue weighted by atomic mass is 10.1. The Morgan fingerprint density at radius 2 is 1.75 bits per heavy atom. The number of rotatable bonds is 9. The molecule has 1 amide bonds. The summed E-state index contributed by atoms with van der Waals surface area (Å²) in [6.45, 7) is 2.31. The molecule has 3 rings (SSSR count). The highest BCUT2D eigenvalue weighted by Crippen LogP contribution is 2.36. The Balaban J connectivity index is 1.93. The number of hydrogen-bond donors (Lipinski definition) is 1.